The van der Waals surface area contributed by atoms with Crippen LogP contribution in [0.4, 0.5) is 24.5 Å². The molecular formula is C34H35F3N4O2. The van der Waals surface area contributed by atoms with E-state index >= 15 is 0 Å². The van der Waals surface area contributed by atoms with Crippen LogP contribution in [0.3, 0.4) is 0 Å². The molecule has 0 bridgehead atoms. The molecule has 2 atom stereocenters. The van der Waals surface area contributed by atoms with Gasteiger partial charge >= 0.3 is 6.18 Å². The number of nitrogens with zero attached hydrogens (tertiary/aromatic N) is 3. The van der Waals surface area contributed by atoms with Crippen LogP contribution in [0.5, 0.6) is 5.88 Å². The van der Waals surface area contributed by atoms with Gasteiger partial charge in [0, 0.05) is 41.5 Å². The minimum atomic E-state index is -4.55. The van der Waals surface area contributed by atoms with E-state index in [1.807, 2.05) is 31.2 Å². The third-order valence-electron chi connectivity index (χ3n) is 8.84. The van der Waals surface area contributed by atoms with E-state index in [2.05, 4.69) is 10.3 Å². The van der Waals surface area contributed by atoms with Crippen molar-refractivity contribution in [2.45, 2.75) is 63.5 Å². The van der Waals surface area contributed by atoms with Crippen molar-refractivity contribution in [3.63, 3.8) is 0 Å². The summed E-state index contributed by atoms with van der Waals surface area (Å²) in [5.74, 6) is -0.00569. The number of carbonyl (C=O) groups excluding carboxylic acids is 1. The predicted molar refractivity (Wildman–Crippen MR) is 162 cm³/mol. The van der Waals surface area contributed by atoms with Crippen LogP contribution in [-0.4, -0.2) is 36.1 Å². The van der Waals surface area contributed by atoms with Crippen LogP contribution in [0, 0.1) is 0 Å². The Kier molecular flexibility index (Phi) is 8.09. The fraction of sp³-hybridized carbons (Fsp3) is 0.382. The van der Waals surface area contributed by atoms with E-state index in [0.717, 1.165) is 36.1 Å². The van der Waals surface area contributed by atoms with Gasteiger partial charge in [-0.3, -0.25) is 14.7 Å². The molecule has 0 aliphatic carbocycles. The maximum atomic E-state index is 14.6. The molecule has 43 heavy (non-hydrogen) atoms. The zero-order valence-corrected chi connectivity index (χ0v) is 24.4. The highest BCUT2D eigenvalue weighted by molar-refractivity contribution is 6.11. The Labute approximate surface area is 249 Å². The molecule has 0 radical (unpaired) electrons. The first-order valence-corrected chi connectivity index (χ1v) is 15.0. The van der Waals surface area contributed by atoms with E-state index < -0.39 is 11.7 Å². The quantitative estimate of drug-likeness (QED) is 0.255. The summed E-state index contributed by atoms with van der Waals surface area (Å²) >= 11 is 0. The van der Waals surface area contributed by atoms with E-state index in [1.54, 1.807) is 37.7 Å². The minimum absolute atomic E-state index is 0.0780. The molecule has 4 heterocycles. The number of hydrogen-bond donors (Lipinski definition) is 1. The van der Waals surface area contributed by atoms with Crippen molar-refractivity contribution in [1.29, 1.82) is 0 Å². The maximum absolute atomic E-state index is 14.6. The third-order valence-corrected chi connectivity index (χ3v) is 8.84. The molecule has 1 fully saturated rings. The fourth-order valence-electron chi connectivity index (χ4n) is 6.55. The molecule has 6 nitrogen and oxygen atoms in total. The van der Waals surface area contributed by atoms with E-state index in [1.165, 1.54) is 11.0 Å². The monoisotopic (exact) mass is 588 g/mol. The normalized spacial score (nSPS) is 19.6. The second-order valence-corrected chi connectivity index (χ2v) is 11.4. The topological polar surface area (TPSA) is 67.4 Å². The van der Waals surface area contributed by atoms with Gasteiger partial charge in [0.05, 0.1) is 23.9 Å². The Bertz CT molecular complexity index is 1630. The Hall–Kier alpha value is -3.98. The first-order valence-electron chi connectivity index (χ1n) is 15.0. The van der Waals surface area contributed by atoms with Crippen LogP contribution in [0.25, 0.3) is 22.0 Å². The summed E-state index contributed by atoms with van der Waals surface area (Å²) < 4.78 is 49.1. The molecule has 2 aromatic carbocycles. The van der Waals surface area contributed by atoms with Gasteiger partial charge in [0.1, 0.15) is 0 Å². The molecule has 0 spiro atoms. The molecule has 2 aliphatic rings. The Balaban J connectivity index is 1.51. The SMILES string of the molecule is CCC1CC(=O)N(c2ccc(C3CCCCNCC3)c(C(F)(F)F)c2)c2c1cnc1ccc(-c3ccc(OC)nc3)cc21. The predicted octanol–water partition coefficient (Wildman–Crippen LogP) is 8.13. The highest BCUT2D eigenvalue weighted by Gasteiger charge is 2.38. The van der Waals surface area contributed by atoms with E-state index in [0.29, 0.717) is 53.8 Å². The van der Waals surface area contributed by atoms with Crippen LogP contribution >= 0.6 is 0 Å². The van der Waals surface area contributed by atoms with Gasteiger partial charge in [0.2, 0.25) is 11.8 Å². The number of nitrogens with one attached hydrogen (secondary N) is 1. The second-order valence-electron chi connectivity index (χ2n) is 11.4. The molecule has 2 unspecified atom stereocenters. The smallest absolute Gasteiger partial charge is 0.416 e. The number of carbonyl (C=O) groups is 1. The van der Waals surface area contributed by atoms with Crippen LogP contribution in [-0.2, 0) is 11.0 Å². The summed E-state index contributed by atoms with van der Waals surface area (Å²) in [7, 11) is 1.55. The van der Waals surface area contributed by atoms with Gasteiger partial charge in [-0.2, -0.15) is 13.2 Å². The Morgan fingerprint density at radius 3 is 2.53 bits per heavy atom. The van der Waals surface area contributed by atoms with Crippen LogP contribution < -0.4 is 15.0 Å². The highest BCUT2D eigenvalue weighted by atomic mass is 19.4. The number of halogens is 3. The number of alkyl halides is 3. The summed E-state index contributed by atoms with van der Waals surface area (Å²) in [6.45, 7) is 3.60. The van der Waals surface area contributed by atoms with Crippen molar-refractivity contribution in [3.8, 4) is 17.0 Å². The number of methoxy groups -OCH3 is 1. The number of ether oxygens (including phenoxy) is 1. The van der Waals surface area contributed by atoms with Crippen LogP contribution in [0.15, 0.2) is 60.9 Å². The van der Waals surface area contributed by atoms with Crippen LogP contribution in [0.1, 0.15) is 74.0 Å². The molecule has 0 saturated carbocycles. The Morgan fingerprint density at radius 2 is 1.79 bits per heavy atom. The maximum Gasteiger partial charge on any atom is 0.416 e. The van der Waals surface area contributed by atoms with Crippen molar-refractivity contribution < 1.29 is 22.7 Å². The molecular weight excluding hydrogens is 553 g/mol. The van der Waals surface area contributed by atoms with Gasteiger partial charge in [0.15, 0.2) is 0 Å². The summed E-state index contributed by atoms with van der Waals surface area (Å²) in [5.41, 5.74) is 3.70. The van der Waals surface area contributed by atoms with Crippen molar-refractivity contribution in [1.82, 2.24) is 15.3 Å². The first kappa shape index (κ1) is 29.1. The Morgan fingerprint density at radius 1 is 0.953 bits per heavy atom. The lowest BCUT2D eigenvalue weighted by atomic mass is 9.84. The van der Waals surface area contributed by atoms with Crippen molar-refractivity contribution in [2.75, 3.05) is 25.1 Å². The number of aromatic nitrogens is 2. The summed E-state index contributed by atoms with van der Waals surface area (Å²) in [4.78, 5) is 24.3. The lowest BCUT2D eigenvalue weighted by Gasteiger charge is -2.35. The molecule has 9 heteroatoms. The van der Waals surface area contributed by atoms with Crippen LogP contribution in [0.2, 0.25) is 0 Å². The van der Waals surface area contributed by atoms with Gasteiger partial charge in [-0.25, -0.2) is 4.98 Å². The van der Waals surface area contributed by atoms with Gasteiger partial charge < -0.3 is 10.1 Å². The number of rotatable bonds is 5. The summed E-state index contributed by atoms with van der Waals surface area (Å²) in [6, 6.07) is 13.9. The standard InChI is InChI=1S/C34H35F3N4O2/c1-3-21-17-32(42)41(25-9-10-26(29(18-25)34(35,36)37)22-6-4-5-14-38-15-13-22)33-27-16-23(7-11-30(27)39-20-28(21)33)24-8-12-31(43-2)40-19-24/h7-12,16,18-22,38H,3-6,13-15,17H2,1-2H3. The van der Waals surface area contributed by atoms with Crippen molar-refractivity contribution in [2.24, 2.45) is 0 Å². The van der Waals surface area contributed by atoms with E-state index in [-0.39, 0.29) is 29.9 Å². The lowest BCUT2D eigenvalue weighted by Crippen LogP contribution is -2.33. The number of fused-ring (bicyclic) bond motifs is 3. The van der Waals surface area contributed by atoms with Crippen molar-refractivity contribution in [3.05, 3.63) is 77.6 Å². The molecule has 6 rings (SSSR count). The molecule has 2 aliphatic heterocycles. The lowest BCUT2D eigenvalue weighted by molar-refractivity contribution is -0.138. The van der Waals surface area contributed by atoms with Crippen molar-refractivity contribution >= 4 is 28.2 Å². The largest absolute Gasteiger partial charge is 0.481 e. The number of amides is 1. The summed E-state index contributed by atoms with van der Waals surface area (Å²) in [5, 5.41) is 4.03. The van der Waals surface area contributed by atoms with E-state index in [4.69, 9.17) is 9.72 Å². The number of pyridine rings is 2. The third kappa shape index (κ3) is 5.70. The molecule has 2 aromatic heterocycles. The summed E-state index contributed by atoms with van der Waals surface area (Å²) in [6.07, 6.45) is 3.03. The first-order chi connectivity index (χ1) is 20.8. The van der Waals surface area contributed by atoms with Gasteiger partial charge in [-0.15, -0.1) is 0 Å². The van der Waals surface area contributed by atoms with Gasteiger partial charge in [0.25, 0.3) is 0 Å². The molecule has 1 N–H and O–H groups in total. The van der Waals surface area contributed by atoms with E-state index in [9.17, 15) is 18.0 Å². The molecule has 224 valence electrons. The zero-order valence-electron chi connectivity index (χ0n) is 24.4. The van der Waals surface area contributed by atoms with Gasteiger partial charge in [-0.05, 0) is 97.6 Å². The highest BCUT2D eigenvalue weighted by Crippen LogP contribution is 2.47. The molecule has 1 amide bonds. The minimum Gasteiger partial charge on any atom is -0.481 e. The zero-order chi connectivity index (χ0) is 30.1. The number of anilines is 2. The average Bonchev–Trinajstić information content (AvgIpc) is 2.99. The molecule has 1 saturated heterocycles. The second kappa shape index (κ2) is 12.0. The number of benzene rings is 2. The van der Waals surface area contributed by atoms with Gasteiger partial charge in [-0.1, -0.05) is 25.5 Å². The fourth-order valence-corrected chi connectivity index (χ4v) is 6.55. The average molecular weight is 589 g/mol. The number of hydrogen-bond acceptors (Lipinski definition) is 5. The molecule has 4 aromatic rings.